The summed E-state index contributed by atoms with van der Waals surface area (Å²) in [6.45, 7) is 8.62. The van der Waals surface area contributed by atoms with Crippen LogP contribution in [0.1, 0.15) is 44.6 Å². The minimum Gasteiger partial charge on any atom is -0.464 e. The van der Waals surface area contributed by atoms with Crippen molar-refractivity contribution >= 4 is 0 Å². The van der Waals surface area contributed by atoms with Crippen molar-refractivity contribution in [2.45, 2.75) is 39.7 Å². The van der Waals surface area contributed by atoms with Crippen molar-refractivity contribution < 1.29 is 4.42 Å². The van der Waals surface area contributed by atoms with Crippen LogP contribution in [-0.2, 0) is 6.54 Å². The smallest absolute Gasteiger partial charge is 0.117 e. The van der Waals surface area contributed by atoms with Gasteiger partial charge in [-0.1, -0.05) is 20.8 Å². The van der Waals surface area contributed by atoms with Gasteiger partial charge >= 0.3 is 0 Å². The molecule has 2 unspecified atom stereocenters. The molecule has 0 bridgehead atoms. The average molecular weight is 207 g/mol. The SMILES string of the molecule is CC(C)CNCc1ccc(C2CC2C)o1. The number of hydrogen-bond donors (Lipinski definition) is 1. The van der Waals surface area contributed by atoms with Crippen molar-refractivity contribution in [1.29, 1.82) is 0 Å². The van der Waals surface area contributed by atoms with Crippen LogP contribution in [0.3, 0.4) is 0 Å². The van der Waals surface area contributed by atoms with Gasteiger partial charge in [-0.2, -0.15) is 0 Å². The molecule has 1 fully saturated rings. The minimum atomic E-state index is 0.697. The predicted molar refractivity (Wildman–Crippen MR) is 61.8 cm³/mol. The van der Waals surface area contributed by atoms with Gasteiger partial charge in [0.25, 0.3) is 0 Å². The number of rotatable bonds is 5. The summed E-state index contributed by atoms with van der Waals surface area (Å²) in [6, 6.07) is 4.24. The van der Waals surface area contributed by atoms with E-state index in [2.05, 4.69) is 38.2 Å². The number of nitrogens with one attached hydrogen (secondary N) is 1. The zero-order chi connectivity index (χ0) is 10.8. The lowest BCUT2D eigenvalue weighted by atomic mass is 10.2. The lowest BCUT2D eigenvalue weighted by molar-refractivity contribution is 0.434. The monoisotopic (exact) mass is 207 g/mol. The van der Waals surface area contributed by atoms with E-state index in [4.69, 9.17) is 4.42 Å². The molecule has 2 rings (SSSR count). The molecule has 1 aromatic rings. The van der Waals surface area contributed by atoms with Crippen molar-refractivity contribution in [3.8, 4) is 0 Å². The second-order valence-electron chi connectivity index (χ2n) is 5.15. The van der Waals surface area contributed by atoms with Gasteiger partial charge in [-0.25, -0.2) is 0 Å². The minimum absolute atomic E-state index is 0.697. The van der Waals surface area contributed by atoms with E-state index in [1.807, 2.05) is 0 Å². The van der Waals surface area contributed by atoms with Gasteiger partial charge in [0, 0.05) is 5.92 Å². The normalized spacial score (nSPS) is 24.8. The molecule has 0 radical (unpaired) electrons. The molecule has 0 aromatic carbocycles. The molecule has 0 spiro atoms. The molecular formula is C13H21NO. The summed E-state index contributed by atoms with van der Waals surface area (Å²) in [5, 5.41) is 3.39. The Morgan fingerprint density at radius 1 is 1.47 bits per heavy atom. The van der Waals surface area contributed by atoms with E-state index in [9.17, 15) is 0 Å². The highest BCUT2D eigenvalue weighted by Gasteiger charge is 2.36. The molecule has 1 aromatic heterocycles. The fourth-order valence-corrected chi connectivity index (χ4v) is 1.89. The van der Waals surface area contributed by atoms with Crippen LogP contribution in [0.2, 0.25) is 0 Å². The molecule has 1 aliphatic rings. The summed E-state index contributed by atoms with van der Waals surface area (Å²) in [4.78, 5) is 0. The van der Waals surface area contributed by atoms with Crippen molar-refractivity contribution in [2.24, 2.45) is 11.8 Å². The topological polar surface area (TPSA) is 25.2 Å². The first kappa shape index (κ1) is 10.7. The lowest BCUT2D eigenvalue weighted by Crippen LogP contribution is -2.18. The summed E-state index contributed by atoms with van der Waals surface area (Å²) < 4.78 is 5.80. The standard InChI is InChI=1S/C13H21NO/c1-9(2)7-14-8-11-4-5-13(15-11)12-6-10(12)3/h4-5,9-10,12,14H,6-8H2,1-3H3. The summed E-state index contributed by atoms with van der Waals surface area (Å²) in [6.07, 6.45) is 1.30. The Kier molecular flexibility index (Phi) is 3.15. The Morgan fingerprint density at radius 3 is 2.80 bits per heavy atom. The quantitative estimate of drug-likeness (QED) is 0.802. The van der Waals surface area contributed by atoms with Crippen molar-refractivity contribution in [3.63, 3.8) is 0 Å². The summed E-state index contributed by atoms with van der Waals surface area (Å²) >= 11 is 0. The van der Waals surface area contributed by atoms with Crippen LogP contribution in [0, 0.1) is 11.8 Å². The maximum atomic E-state index is 5.80. The van der Waals surface area contributed by atoms with Gasteiger partial charge in [-0.05, 0) is 36.9 Å². The van der Waals surface area contributed by atoms with Crippen molar-refractivity contribution in [2.75, 3.05) is 6.54 Å². The summed E-state index contributed by atoms with van der Waals surface area (Å²) in [7, 11) is 0. The van der Waals surface area contributed by atoms with Gasteiger partial charge in [0.2, 0.25) is 0 Å². The second kappa shape index (κ2) is 4.40. The van der Waals surface area contributed by atoms with Gasteiger partial charge in [-0.15, -0.1) is 0 Å². The highest BCUT2D eigenvalue weighted by molar-refractivity contribution is 5.17. The molecule has 1 saturated carbocycles. The van der Waals surface area contributed by atoms with Crippen molar-refractivity contribution in [1.82, 2.24) is 5.32 Å². The van der Waals surface area contributed by atoms with E-state index in [-0.39, 0.29) is 0 Å². The first-order chi connectivity index (χ1) is 7.16. The predicted octanol–water partition coefficient (Wildman–Crippen LogP) is 3.15. The highest BCUT2D eigenvalue weighted by Crippen LogP contribution is 2.47. The molecule has 2 nitrogen and oxygen atoms in total. The Hall–Kier alpha value is -0.760. The zero-order valence-electron chi connectivity index (χ0n) is 9.92. The fraction of sp³-hybridized carbons (Fsp3) is 0.692. The van der Waals surface area contributed by atoms with Gasteiger partial charge in [-0.3, -0.25) is 0 Å². The van der Waals surface area contributed by atoms with Gasteiger partial charge in [0.1, 0.15) is 11.5 Å². The lowest BCUT2D eigenvalue weighted by Gasteiger charge is -2.04. The molecule has 0 aliphatic heterocycles. The molecule has 2 heteroatoms. The summed E-state index contributed by atoms with van der Waals surface area (Å²) in [5.74, 6) is 4.48. The number of furan rings is 1. The third-order valence-corrected chi connectivity index (χ3v) is 3.01. The maximum Gasteiger partial charge on any atom is 0.117 e. The molecule has 0 saturated heterocycles. The Morgan fingerprint density at radius 2 is 2.20 bits per heavy atom. The van der Waals surface area contributed by atoms with E-state index < -0.39 is 0 Å². The molecule has 15 heavy (non-hydrogen) atoms. The average Bonchev–Trinajstić information content (AvgIpc) is 2.73. The fourth-order valence-electron chi connectivity index (χ4n) is 1.89. The van der Waals surface area contributed by atoms with E-state index in [1.165, 1.54) is 12.2 Å². The Bertz CT molecular complexity index is 316. The maximum absolute atomic E-state index is 5.80. The third-order valence-electron chi connectivity index (χ3n) is 3.01. The second-order valence-corrected chi connectivity index (χ2v) is 5.15. The molecular weight excluding hydrogens is 186 g/mol. The first-order valence-corrected chi connectivity index (χ1v) is 5.96. The largest absolute Gasteiger partial charge is 0.464 e. The third kappa shape index (κ3) is 2.85. The Balaban J connectivity index is 1.80. The van der Waals surface area contributed by atoms with Gasteiger partial charge in [0.05, 0.1) is 6.54 Å². The van der Waals surface area contributed by atoms with Crippen molar-refractivity contribution in [3.05, 3.63) is 23.7 Å². The van der Waals surface area contributed by atoms with Crippen LogP contribution in [-0.4, -0.2) is 6.54 Å². The molecule has 84 valence electrons. The molecule has 0 amide bonds. The van der Waals surface area contributed by atoms with E-state index in [1.54, 1.807) is 0 Å². The van der Waals surface area contributed by atoms with E-state index in [0.29, 0.717) is 11.8 Å². The van der Waals surface area contributed by atoms with Crippen LogP contribution < -0.4 is 5.32 Å². The molecule has 1 aliphatic carbocycles. The zero-order valence-corrected chi connectivity index (χ0v) is 9.92. The van der Waals surface area contributed by atoms with Gasteiger partial charge in [0.15, 0.2) is 0 Å². The highest BCUT2D eigenvalue weighted by atomic mass is 16.3. The van der Waals surface area contributed by atoms with E-state index in [0.717, 1.165) is 24.8 Å². The molecule has 1 N–H and O–H groups in total. The summed E-state index contributed by atoms with van der Waals surface area (Å²) in [5.41, 5.74) is 0. The van der Waals surface area contributed by atoms with E-state index >= 15 is 0 Å². The van der Waals surface area contributed by atoms with Crippen LogP contribution in [0.4, 0.5) is 0 Å². The molecule has 1 heterocycles. The van der Waals surface area contributed by atoms with Crippen LogP contribution >= 0.6 is 0 Å². The van der Waals surface area contributed by atoms with Crippen LogP contribution in [0.15, 0.2) is 16.5 Å². The first-order valence-electron chi connectivity index (χ1n) is 5.96. The van der Waals surface area contributed by atoms with Gasteiger partial charge < -0.3 is 9.73 Å². The Labute approximate surface area is 92.1 Å². The molecule has 2 atom stereocenters. The van der Waals surface area contributed by atoms with Crippen LogP contribution in [0.25, 0.3) is 0 Å². The van der Waals surface area contributed by atoms with Crippen LogP contribution in [0.5, 0.6) is 0 Å². The number of hydrogen-bond acceptors (Lipinski definition) is 2.